The molecule has 7 nitrogen and oxygen atoms in total. The Morgan fingerprint density at radius 1 is 0.909 bits per heavy atom. The van der Waals surface area contributed by atoms with E-state index in [1.165, 1.54) is 0 Å². The predicted octanol–water partition coefficient (Wildman–Crippen LogP) is 3.66. The van der Waals surface area contributed by atoms with E-state index in [0.717, 1.165) is 23.4 Å². The molecule has 1 heterocycles. The monoisotopic (exact) mass is 448 g/mol. The van der Waals surface area contributed by atoms with Crippen molar-refractivity contribution in [2.45, 2.75) is 0 Å². The molecule has 0 unspecified atom stereocenters. The van der Waals surface area contributed by atoms with Gasteiger partial charge >= 0.3 is 0 Å². The maximum absolute atomic E-state index is 13.6. The number of hydrogen-bond donors (Lipinski definition) is 2. The lowest BCUT2D eigenvalue weighted by atomic mass is 10.1. The zero-order valence-corrected chi connectivity index (χ0v) is 17.2. The van der Waals surface area contributed by atoms with Gasteiger partial charge < -0.3 is 4.74 Å². The van der Waals surface area contributed by atoms with E-state index in [-0.39, 0.29) is 11.3 Å². The smallest absolute Gasteiger partial charge is 0.276 e. The molecule has 0 saturated heterocycles. The van der Waals surface area contributed by atoms with Crippen LogP contribution in [0.25, 0.3) is 16.9 Å². The van der Waals surface area contributed by atoms with Crippen LogP contribution < -0.4 is 15.6 Å². The van der Waals surface area contributed by atoms with E-state index < -0.39 is 30.1 Å². The van der Waals surface area contributed by atoms with Gasteiger partial charge in [-0.2, -0.15) is 5.10 Å². The van der Waals surface area contributed by atoms with Gasteiger partial charge in [-0.1, -0.05) is 48.5 Å². The van der Waals surface area contributed by atoms with Crippen LogP contribution in [0.3, 0.4) is 0 Å². The highest BCUT2D eigenvalue weighted by Gasteiger charge is 2.19. The highest BCUT2D eigenvalue weighted by Crippen LogP contribution is 2.23. The number of hydrogen-bond acceptors (Lipinski definition) is 4. The van der Waals surface area contributed by atoms with E-state index in [0.29, 0.717) is 11.8 Å². The molecule has 33 heavy (non-hydrogen) atoms. The lowest BCUT2D eigenvalue weighted by Crippen LogP contribution is -2.43. The highest BCUT2D eigenvalue weighted by molar-refractivity contribution is 6.00. The molecule has 0 fully saturated rings. The Morgan fingerprint density at radius 2 is 1.61 bits per heavy atom. The van der Waals surface area contributed by atoms with Gasteiger partial charge in [0, 0.05) is 17.8 Å². The van der Waals surface area contributed by atoms with Crippen LogP contribution in [0.4, 0.5) is 8.78 Å². The number of carbonyl (C=O) groups is 2. The summed E-state index contributed by atoms with van der Waals surface area (Å²) in [5, 5.41) is 4.54. The molecule has 166 valence electrons. The molecule has 3 aromatic carbocycles. The predicted molar refractivity (Wildman–Crippen MR) is 116 cm³/mol. The fourth-order valence-electron chi connectivity index (χ4n) is 3.03. The zero-order chi connectivity index (χ0) is 23.2. The van der Waals surface area contributed by atoms with Crippen LogP contribution >= 0.6 is 0 Å². The maximum atomic E-state index is 13.6. The Labute approximate surface area is 187 Å². The number of halogens is 2. The molecule has 4 rings (SSSR count). The number of rotatable bonds is 6. The Morgan fingerprint density at radius 3 is 2.30 bits per heavy atom. The van der Waals surface area contributed by atoms with Gasteiger partial charge in [-0.05, 0) is 24.3 Å². The summed E-state index contributed by atoms with van der Waals surface area (Å²) in [4.78, 5) is 24.9. The van der Waals surface area contributed by atoms with Crippen LogP contribution in [0.5, 0.6) is 5.75 Å². The summed E-state index contributed by atoms with van der Waals surface area (Å²) < 4.78 is 33.2. The Bertz CT molecular complexity index is 1280. The third-order valence-electron chi connectivity index (χ3n) is 4.59. The number of hydrazine groups is 1. The highest BCUT2D eigenvalue weighted by atomic mass is 19.1. The molecule has 0 aliphatic heterocycles. The van der Waals surface area contributed by atoms with Crippen molar-refractivity contribution >= 4 is 11.8 Å². The van der Waals surface area contributed by atoms with Gasteiger partial charge in [-0.15, -0.1) is 0 Å². The average Bonchev–Trinajstić information content (AvgIpc) is 3.29. The summed E-state index contributed by atoms with van der Waals surface area (Å²) in [6.45, 7) is -0.586. The molecule has 0 radical (unpaired) electrons. The van der Waals surface area contributed by atoms with Crippen LogP contribution in [-0.2, 0) is 4.79 Å². The molecule has 0 spiro atoms. The van der Waals surface area contributed by atoms with Crippen LogP contribution in [-0.4, -0.2) is 28.2 Å². The standard InChI is InChI=1S/C24H18F2N4O3/c25-17-11-12-21(20(26)13-17)33-15-22(31)27-28-24(32)19-14-30(18-9-5-2-6-10-18)29-23(19)16-7-3-1-4-8-16/h1-14H,15H2,(H,27,31)(H,28,32). The largest absolute Gasteiger partial charge is 0.481 e. The van der Waals surface area contributed by atoms with E-state index >= 15 is 0 Å². The first-order valence-electron chi connectivity index (χ1n) is 9.89. The lowest BCUT2D eigenvalue weighted by Gasteiger charge is -2.09. The van der Waals surface area contributed by atoms with E-state index in [1.54, 1.807) is 10.9 Å². The van der Waals surface area contributed by atoms with E-state index in [2.05, 4.69) is 16.0 Å². The molecule has 2 amide bonds. The van der Waals surface area contributed by atoms with Gasteiger partial charge in [0.1, 0.15) is 11.5 Å². The van der Waals surface area contributed by atoms with Crippen molar-refractivity contribution in [3.8, 4) is 22.7 Å². The molecule has 1 aromatic heterocycles. The lowest BCUT2D eigenvalue weighted by molar-refractivity contribution is -0.123. The molecule has 0 saturated carbocycles. The second kappa shape index (κ2) is 9.73. The van der Waals surface area contributed by atoms with Gasteiger partial charge in [0.05, 0.1) is 11.3 Å². The molecule has 0 aliphatic rings. The van der Waals surface area contributed by atoms with Gasteiger partial charge in [0.2, 0.25) is 0 Å². The number of amides is 2. The van der Waals surface area contributed by atoms with Crippen molar-refractivity contribution in [2.75, 3.05) is 6.61 Å². The van der Waals surface area contributed by atoms with E-state index in [9.17, 15) is 18.4 Å². The number of nitrogens with zero attached hydrogens (tertiary/aromatic N) is 2. The number of ether oxygens (including phenoxy) is 1. The third kappa shape index (κ3) is 5.21. The Hall–Kier alpha value is -4.53. The Balaban J connectivity index is 1.47. The minimum atomic E-state index is -0.937. The minimum absolute atomic E-state index is 0.232. The molecule has 0 bridgehead atoms. The van der Waals surface area contributed by atoms with Crippen LogP contribution in [0, 0.1) is 11.6 Å². The molecular weight excluding hydrogens is 430 g/mol. The summed E-state index contributed by atoms with van der Waals surface area (Å²) in [6.07, 6.45) is 1.56. The summed E-state index contributed by atoms with van der Waals surface area (Å²) >= 11 is 0. The van der Waals surface area contributed by atoms with Crippen LogP contribution in [0.15, 0.2) is 85.1 Å². The average molecular weight is 448 g/mol. The number of benzene rings is 3. The fourth-order valence-corrected chi connectivity index (χ4v) is 3.03. The minimum Gasteiger partial charge on any atom is -0.481 e. The SMILES string of the molecule is O=C(COc1ccc(F)cc1F)NNC(=O)c1cn(-c2ccccc2)nc1-c1ccccc1. The molecular formula is C24H18F2N4O3. The maximum Gasteiger partial charge on any atom is 0.276 e. The summed E-state index contributed by atoms with van der Waals surface area (Å²) in [5.74, 6) is -3.32. The van der Waals surface area contributed by atoms with Crippen molar-refractivity contribution in [3.63, 3.8) is 0 Å². The fraction of sp³-hybridized carbons (Fsp3) is 0.0417. The number of para-hydroxylation sites is 1. The molecule has 9 heteroatoms. The number of nitrogens with one attached hydrogen (secondary N) is 2. The van der Waals surface area contributed by atoms with Gasteiger partial charge in [0.15, 0.2) is 18.2 Å². The molecule has 4 aromatic rings. The third-order valence-corrected chi connectivity index (χ3v) is 4.59. The zero-order valence-electron chi connectivity index (χ0n) is 17.2. The Kier molecular flexibility index (Phi) is 6.40. The van der Waals surface area contributed by atoms with E-state index in [4.69, 9.17) is 4.74 Å². The van der Waals surface area contributed by atoms with Crippen molar-refractivity contribution in [1.29, 1.82) is 0 Å². The van der Waals surface area contributed by atoms with Gasteiger partial charge in [-0.3, -0.25) is 20.4 Å². The second-order valence-corrected chi connectivity index (χ2v) is 6.90. The number of aromatic nitrogens is 2. The van der Waals surface area contributed by atoms with Crippen molar-refractivity contribution in [2.24, 2.45) is 0 Å². The van der Waals surface area contributed by atoms with Gasteiger partial charge in [-0.25, -0.2) is 13.5 Å². The molecule has 0 aliphatic carbocycles. The van der Waals surface area contributed by atoms with Crippen molar-refractivity contribution < 1.29 is 23.1 Å². The topological polar surface area (TPSA) is 85.3 Å². The summed E-state index contributed by atoms with van der Waals surface area (Å²) in [6, 6.07) is 21.1. The summed E-state index contributed by atoms with van der Waals surface area (Å²) in [7, 11) is 0. The number of carbonyl (C=O) groups excluding carboxylic acids is 2. The van der Waals surface area contributed by atoms with Gasteiger partial charge in [0.25, 0.3) is 11.8 Å². The van der Waals surface area contributed by atoms with Crippen molar-refractivity contribution in [1.82, 2.24) is 20.6 Å². The second-order valence-electron chi connectivity index (χ2n) is 6.90. The van der Waals surface area contributed by atoms with Crippen LogP contribution in [0.2, 0.25) is 0 Å². The first kappa shape index (κ1) is 21.7. The van der Waals surface area contributed by atoms with Crippen LogP contribution in [0.1, 0.15) is 10.4 Å². The summed E-state index contributed by atoms with van der Waals surface area (Å²) in [5.41, 5.74) is 6.66. The first-order valence-corrected chi connectivity index (χ1v) is 9.89. The van der Waals surface area contributed by atoms with E-state index in [1.807, 2.05) is 60.7 Å². The van der Waals surface area contributed by atoms with Crippen molar-refractivity contribution in [3.05, 3.63) is 102 Å². The first-order chi connectivity index (χ1) is 16.0. The normalized spacial score (nSPS) is 10.5. The quantitative estimate of drug-likeness (QED) is 0.441. The molecule has 2 N–H and O–H groups in total. The molecule has 0 atom stereocenters.